The van der Waals surface area contributed by atoms with Crippen LogP contribution in [0.5, 0.6) is 0 Å². The van der Waals surface area contributed by atoms with Crippen LogP contribution in [0.4, 0.5) is 0 Å². The van der Waals surface area contributed by atoms with Gasteiger partial charge in [-0.2, -0.15) is 0 Å². The molecule has 21 heavy (non-hydrogen) atoms. The summed E-state index contributed by atoms with van der Waals surface area (Å²) in [5.41, 5.74) is 6.89. The van der Waals surface area contributed by atoms with Gasteiger partial charge in [-0.3, -0.25) is 4.79 Å². The number of hydrogen-bond acceptors (Lipinski definition) is 3. The van der Waals surface area contributed by atoms with Crippen LogP contribution < -0.4 is 11.1 Å². The molecule has 4 nitrogen and oxygen atoms in total. The average molecular weight is 290 g/mol. The van der Waals surface area contributed by atoms with Gasteiger partial charge >= 0.3 is 0 Å². The molecule has 0 aromatic heterocycles. The Bertz CT molecular complexity index is 416. The van der Waals surface area contributed by atoms with Crippen molar-refractivity contribution in [1.82, 2.24) is 5.32 Å². The van der Waals surface area contributed by atoms with Crippen molar-refractivity contribution in [2.75, 3.05) is 13.2 Å². The van der Waals surface area contributed by atoms with E-state index in [2.05, 4.69) is 5.32 Å². The first-order valence-corrected chi connectivity index (χ1v) is 7.90. The van der Waals surface area contributed by atoms with Crippen LogP contribution in [0.2, 0.25) is 0 Å². The normalized spacial score (nSPS) is 17.4. The van der Waals surface area contributed by atoms with E-state index in [4.69, 9.17) is 10.5 Å². The zero-order valence-corrected chi connectivity index (χ0v) is 12.6. The number of benzene rings is 1. The van der Waals surface area contributed by atoms with E-state index in [1.807, 2.05) is 30.3 Å². The lowest BCUT2D eigenvalue weighted by molar-refractivity contribution is -0.127. The summed E-state index contributed by atoms with van der Waals surface area (Å²) < 4.78 is 5.46. The van der Waals surface area contributed by atoms with Crippen molar-refractivity contribution in [3.63, 3.8) is 0 Å². The molecule has 0 heterocycles. The molecule has 2 rings (SSSR count). The summed E-state index contributed by atoms with van der Waals surface area (Å²) in [6.07, 6.45) is 6.16. The quantitative estimate of drug-likeness (QED) is 0.809. The lowest BCUT2D eigenvalue weighted by atomic mass is 9.84. The minimum Gasteiger partial charge on any atom is -0.367 e. The summed E-state index contributed by atoms with van der Waals surface area (Å²) >= 11 is 0. The number of rotatable bonds is 7. The van der Waals surface area contributed by atoms with Crippen LogP contribution >= 0.6 is 0 Å². The van der Waals surface area contributed by atoms with E-state index < -0.39 is 0 Å². The monoisotopic (exact) mass is 290 g/mol. The van der Waals surface area contributed by atoms with Gasteiger partial charge < -0.3 is 15.8 Å². The first-order valence-electron chi connectivity index (χ1n) is 7.90. The molecule has 1 aromatic carbocycles. The molecule has 0 saturated heterocycles. The van der Waals surface area contributed by atoms with Crippen molar-refractivity contribution in [2.45, 2.75) is 44.8 Å². The molecule has 1 saturated carbocycles. The van der Waals surface area contributed by atoms with Crippen molar-refractivity contribution in [2.24, 2.45) is 11.7 Å². The molecule has 0 spiro atoms. The maximum atomic E-state index is 12.0. The fraction of sp³-hybridized carbons (Fsp3) is 0.588. The van der Waals surface area contributed by atoms with Crippen LogP contribution in [-0.2, 0) is 16.1 Å². The lowest BCUT2D eigenvalue weighted by Gasteiger charge is -2.30. The number of nitrogens with one attached hydrogen (secondary N) is 1. The Kier molecular flexibility index (Phi) is 6.70. The second-order valence-corrected chi connectivity index (χ2v) is 5.79. The highest BCUT2D eigenvalue weighted by Crippen LogP contribution is 2.26. The first-order chi connectivity index (χ1) is 10.3. The summed E-state index contributed by atoms with van der Waals surface area (Å²) in [6, 6.07) is 9.97. The molecule has 0 aliphatic heterocycles. The molecule has 1 aliphatic rings. The minimum absolute atomic E-state index is 0.0630. The van der Waals surface area contributed by atoms with Gasteiger partial charge in [-0.1, -0.05) is 49.6 Å². The Hall–Kier alpha value is -1.39. The van der Waals surface area contributed by atoms with Gasteiger partial charge in [0.05, 0.1) is 6.61 Å². The minimum atomic E-state index is -0.0630. The maximum Gasteiger partial charge on any atom is 0.246 e. The topological polar surface area (TPSA) is 64.3 Å². The second kappa shape index (κ2) is 8.80. The molecule has 3 N–H and O–H groups in total. The number of carbonyl (C=O) groups excluding carboxylic acids is 1. The van der Waals surface area contributed by atoms with Crippen LogP contribution in [0.3, 0.4) is 0 Å². The number of ether oxygens (including phenoxy) is 1. The zero-order valence-electron chi connectivity index (χ0n) is 12.6. The standard InChI is InChI=1S/C17H26N2O2/c18-11-16(15-9-5-2-6-10-15)19-17(20)13-21-12-14-7-3-1-4-8-14/h1,3-4,7-8,15-16H,2,5-6,9-13,18H2,(H,19,20). The van der Waals surface area contributed by atoms with Crippen LogP contribution in [0.25, 0.3) is 0 Å². The number of hydrogen-bond donors (Lipinski definition) is 2. The third kappa shape index (κ3) is 5.48. The predicted octanol–water partition coefficient (Wildman–Crippen LogP) is 2.23. The molecule has 1 unspecified atom stereocenters. The van der Waals surface area contributed by atoms with Gasteiger partial charge in [-0.25, -0.2) is 0 Å². The van der Waals surface area contributed by atoms with Crippen molar-refractivity contribution >= 4 is 5.91 Å². The SMILES string of the molecule is NCC(NC(=O)COCc1ccccc1)C1CCCCC1. The van der Waals surface area contributed by atoms with E-state index in [0.717, 1.165) is 5.56 Å². The molecule has 1 aliphatic carbocycles. The molecule has 1 fully saturated rings. The van der Waals surface area contributed by atoms with Crippen molar-refractivity contribution in [3.8, 4) is 0 Å². The van der Waals surface area contributed by atoms with Gasteiger partial charge in [-0.05, 0) is 24.3 Å². The Labute approximate surface area is 127 Å². The molecule has 1 amide bonds. The Morgan fingerprint density at radius 1 is 1.24 bits per heavy atom. The van der Waals surface area contributed by atoms with Crippen LogP contribution in [-0.4, -0.2) is 25.1 Å². The van der Waals surface area contributed by atoms with Crippen LogP contribution in [0.1, 0.15) is 37.7 Å². The second-order valence-electron chi connectivity index (χ2n) is 5.79. The summed E-state index contributed by atoms with van der Waals surface area (Å²) in [5, 5.41) is 3.03. The number of amides is 1. The van der Waals surface area contributed by atoms with Gasteiger partial charge in [0.25, 0.3) is 0 Å². The Morgan fingerprint density at radius 3 is 2.62 bits per heavy atom. The van der Waals surface area contributed by atoms with E-state index in [0.29, 0.717) is 19.1 Å². The van der Waals surface area contributed by atoms with Crippen molar-refractivity contribution < 1.29 is 9.53 Å². The van der Waals surface area contributed by atoms with E-state index >= 15 is 0 Å². The highest BCUT2D eigenvalue weighted by Gasteiger charge is 2.23. The van der Waals surface area contributed by atoms with Crippen LogP contribution in [0, 0.1) is 5.92 Å². The fourth-order valence-corrected chi connectivity index (χ4v) is 2.99. The molecule has 4 heteroatoms. The van der Waals surface area contributed by atoms with Crippen molar-refractivity contribution in [1.29, 1.82) is 0 Å². The summed E-state index contributed by atoms with van der Waals surface area (Å²) in [7, 11) is 0. The molecule has 1 aromatic rings. The smallest absolute Gasteiger partial charge is 0.246 e. The van der Waals surface area contributed by atoms with Gasteiger partial charge in [0, 0.05) is 12.6 Å². The molecule has 0 radical (unpaired) electrons. The van der Waals surface area contributed by atoms with E-state index in [-0.39, 0.29) is 18.6 Å². The number of nitrogens with two attached hydrogens (primary N) is 1. The third-order valence-electron chi connectivity index (χ3n) is 4.16. The lowest BCUT2D eigenvalue weighted by Crippen LogP contribution is -2.47. The van der Waals surface area contributed by atoms with Crippen LogP contribution in [0.15, 0.2) is 30.3 Å². The molecular weight excluding hydrogens is 264 g/mol. The highest BCUT2D eigenvalue weighted by atomic mass is 16.5. The van der Waals surface area contributed by atoms with Gasteiger partial charge in [-0.15, -0.1) is 0 Å². The fourth-order valence-electron chi connectivity index (χ4n) is 2.99. The van der Waals surface area contributed by atoms with E-state index in [1.54, 1.807) is 0 Å². The van der Waals surface area contributed by atoms with Gasteiger partial charge in [0.2, 0.25) is 5.91 Å². The largest absolute Gasteiger partial charge is 0.367 e. The Morgan fingerprint density at radius 2 is 1.95 bits per heavy atom. The summed E-state index contributed by atoms with van der Waals surface area (Å²) in [4.78, 5) is 12.0. The maximum absolute atomic E-state index is 12.0. The van der Waals surface area contributed by atoms with Gasteiger partial charge in [0.1, 0.15) is 6.61 Å². The molecule has 0 bridgehead atoms. The molecular formula is C17H26N2O2. The first kappa shape index (κ1) is 16.0. The predicted molar refractivity (Wildman–Crippen MR) is 83.7 cm³/mol. The van der Waals surface area contributed by atoms with E-state index in [9.17, 15) is 4.79 Å². The van der Waals surface area contributed by atoms with Gasteiger partial charge in [0.15, 0.2) is 0 Å². The van der Waals surface area contributed by atoms with E-state index in [1.165, 1.54) is 32.1 Å². The third-order valence-corrected chi connectivity index (χ3v) is 4.16. The number of carbonyl (C=O) groups is 1. The van der Waals surface area contributed by atoms with Crippen molar-refractivity contribution in [3.05, 3.63) is 35.9 Å². The molecule has 116 valence electrons. The average Bonchev–Trinajstić information content (AvgIpc) is 2.54. The summed E-state index contributed by atoms with van der Waals surface area (Å²) in [5.74, 6) is 0.466. The Balaban J connectivity index is 1.70. The summed E-state index contributed by atoms with van der Waals surface area (Å²) in [6.45, 7) is 1.07. The molecule has 1 atom stereocenters. The zero-order chi connectivity index (χ0) is 14.9. The highest BCUT2D eigenvalue weighted by molar-refractivity contribution is 5.77.